The van der Waals surface area contributed by atoms with E-state index in [0.717, 1.165) is 27.8 Å². The van der Waals surface area contributed by atoms with Crippen LogP contribution in [0, 0.1) is 12.8 Å². The molecule has 130 valence electrons. The van der Waals surface area contributed by atoms with Gasteiger partial charge in [0.05, 0.1) is 6.04 Å². The first kappa shape index (κ1) is 17.1. The predicted octanol–water partition coefficient (Wildman–Crippen LogP) is 1.91. The summed E-state index contributed by atoms with van der Waals surface area (Å²) in [6.45, 7) is 1.93. The van der Waals surface area contributed by atoms with Crippen LogP contribution in [0.1, 0.15) is 40.1 Å². The maximum absolute atomic E-state index is 12.5. The van der Waals surface area contributed by atoms with Crippen LogP contribution in [0.2, 0.25) is 0 Å². The van der Waals surface area contributed by atoms with Gasteiger partial charge in [0.2, 0.25) is 10.0 Å². The molecule has 0 spiro atoms. The van der Waals surface area contributed by atoms with Gasteiger partial charge in [-0.15, -0.1) is 11.3 Å². The number of nitrogens with zero attached hydrogens (tertiary/aromatic N) is 2. The van der Waals surface area contributed by atoms with Gasteiger partial charge in [0.25, 0.3) is 5.91 Å². The van der Waals surface area contributed by atoms with Crippen molar-refractivity contribution in [3.05, 3.63) is 34.0 Å². The third kappa shape index (κ3) is 3.38. The van der Waals surface area contributed by atoms with Crippen LogP contribution in [0.4, 0.5) is 0 Å². The second kappa shape index (κ2) is 6.30. The van der Waals surface area contributed by atoms with Crippen molar-refractivity contribution in [2.24, 2.45) is 5.92 Å². The Bertz CT molecular complexity index is 850. The molecule has 1 aliphatic carbocycles. The van der Waals surface area contributed by atoms with Gasteiger partial charge in [-0.3, -0.25) is 4.79 Å². The van der Waals surface area contributed by atoms with Crippen LogP contribution >= 0.6 is 11.3 Å². The van der Waals surface area contributed by atoms with Crippen LogP contribution in [0.25, 0.3) is 0 Å². The average molecular weight is 368 g/mol. The highest BCUT2D eigenvalue weighted by Crippen LogP contribution is 2.42. The van der Waals surface area contributed by atoms with Crippen molar-refractivity contribution >= 4 is 27.3 Å². The Hall–Kier alpha value is -1.71. The van der Waals surface area contributed by atoms with E-state index in [1.807, 2.05) is 12.3 Å². The molecule has 2 heterocycles. The molecule has 2 aromatic heterocycles. The fraction of sp³-hybridized carbons (Fsp3) is 0.467. The number of hydrogen-bond acceptors (Lipinski definition) is 5. The highest BCUT2D eigenvalue weighted by atomic mass is 32.2. The van der Waals surface area contributed by atoms with Gasteiger partial charge >= 0.3 is 0 Å². The molecular weight excluding hydrogens is 348 g/mol. The topological polar surface area (TPSA) is 95.2 Å². The molecule has 9 heteroatoms. The number of aromatic nitrogens is 2. The van der Waals surface area contributed by atoms with Gasteiger partial charge < -0.3 is 10.3 Å². The summed E-state index contributed by atoms with van der Waals surface area (Å²) in [4.78, 5) is 19.8. The lowest BCUT2D eigenvalue weighted by Crippen LogP contribution is -2.30. The number of thiazole rings is 1. The highest BCUT2D eigenvalue weighted by Gasteiger charge is 2.35. The zero-order chi connectivity index (χ0) is 17.5. The first-order chi connectivity index (χ1) is 11.3. The Morgan fingerprint density at radius 1 is 1.46 bits per heavy atom. The van der Waals surface area contributed by atoms with Gasteiger partial charge in [0, 0.05) is 31.4 Å². The molecular formula is C15H20N4O3S2. The molecule has 1 amide bonds. The Balaban J connectivity index is 1.78. The Morgan fingerprint density at radius 2 is 2.17 bits per heavy atom. The molecule has 24 heavy (non-hydrogen) atoms. The molecule has 1 saturated carbocycles. The highest BCUT2D eigenvalue weighted by molar-refractivity contribution is 7.89. The summed E-state index contributed by atoms with van der Waals surface area (Å²) >= 11 is 1.54. The van der Waals surface area contributed by atoms with Gasteiger partial charge in [-0.2, -0.15) is 0 Å². The molecule has 0 aromatic carbocycles. The van der Waals surface area contributed by atoms with Crippen LogP contribution < -0.4 is 5.32 Å². The zero-order valence-electron chi connectivity index (χ0n) is 13.7. The smallest absolute Gasteiger partial charge is 0.268 e. The van der Waals surface area contributed by atoms with Crippen LogP contribution in [0.3, 0.4) is 0 Å². The van der Waals surface area contributed by atoms with E-state index in [0.29, 0.717) is 5.92 Å². The van der Waals surface area contributed by atoms with E-state index in [2.05, 4.69) is 15.3 Å². The number of sulfonamides is 1. The van der Waals surface area contributed by atoms with E-state index < -0.39 is 10.0 Å². The summed E-state index contributed by atoms with van der Waals surface area (Å²) < 4.78 is 25.3. The monoisotopic (exact) mass is 368 g/mol. The number of rotatable bonds is 6. The number of amides is 1. The number of hydrogen-bond donors (Lipinski definition) is 2. The van der Waals surface area contributed by atoms with E-state index in [-0.39, 0.29) is 22.5 Å². The SMILES string of the molecule is Cc1csc([C@@H](NC(=O)c2cc(S(=O)(=O)N(C)C)c[nH]2)C2CC2)n1. The van der Waals surface area contributed by atoms with E-state index in [4.69, 9.17) is 0 Å². The largest absolute Gasteiger partial charge is 0.356 e. The minimum atomic E-state index is -3.56. The molecule has 0 saturated heterocycles. The molecule has 0 aliphatic heterocycles. The summed E-state index contributed by atoms with van der Waals surface area (Å²) in [5, 5.41) is 5.85. The van der Waals surface area contributed by atoms with Gasteiger partial charge in [-0.05, 0) is 31.7 Å². The Kier molecular flexibility index (Phi) is 4.50. The van der Waals surface area contributed by atoms with Crippen LogP contribution in [-0.4, -0.2) is 42.7 Å². The molecule has 0 unspecified atom stereocenters. The fourth-order valence-corrected chi connectivity index (χ4v) is 4.25. The first-order valence-corrected chi connectivity index (χ1v) is 9.95. The van der Waals surface area contributed by atoms with Crippen molar-refractivity contribution < 1.29 is 13.2 Å². The predicted molar refractivity (Wildman–Crippen MR) is 91.4 cm³/mol. The summed E-state index contributed by atoms with van der Waals surface area (Å²) in [6.07, 6.45) is 3.47. The van der Waals surface area contributed by atoms with Gasteiger partial charge in [0.1, 0.15) is 15.6 Å². The lowest BCUT2D eigenvalue weighted by molar-refractivity contribution is 0.0927. The van der Waals surface area contributed by atoms with Crippen molar-refractivity contribution in [2.45, 2.75) is 30.7 Å². The van der Waals surface area contributed by atoms with E-state index in [1.54, 1.807) is 0 Å². The van der Waals surface area contributed by atoms with E-state index in [9.17, 15) is 13.2 Å². The van der Waals surface area contributed by atoms with Crippen molar-refractivity contribution in [3.63, 3.8) is 0 Å². The van der Waals surface area contributed by atoms with E-state index in [1.165, 1.54) is 37.7 Å². The number of carbonyl (C=O) groups excluding carboxylic acids is 1. The third-order valence-electron chi connectivity index (χ3n) is 3.96. The van der Waals surface area contributed by atoms with Crippen LogP contribution in [0.15, 0.2) is 22.5 Å². The normalized spacial score (nSPS) is 16.3. The zero-order valence-corrected chi connectivity index (χ0v) is 15.4. The van der Waals surface area contributed by atoms with Crippen molar-refractivity contribution in [1.82, 2.24) is 19.6 Å². The summed E-state index contributed by atoms with van der Waals surface area (Å²) in [7, 11) is -0.650. The van der Waals surface area contributed by atoms with Crippen LogP contribution in [-0.2, 0) is 10.0 Å². The Labute approximate surface area is 145 Å². The molecule has 1 aliphatic rings. The van der Waals surface area contributed by atoms with E-state index >= 15 is 0 Å². The molecule has 0 radical (unpaired) electrons. The maximum atomic E-state index is 12.5. The number of carbonyl (C=O) groups is 1. The summed E-state index contributed by atoms with van der Waals surface area (Å²) in [5.74, 6) is 0.0828. The second-order valence-corrected chi connectivity index (χ2v) is 9.19. The quantitative estimate of drug-likeness (QED) is 0.814. The van der Waals surface area contributed by atoms with Gasteiger partial charge in [-0.1, -0.05) is 0 Å². The van der Waals surface area contributed by atoms with Gasteiger partial charge in [0.15, 0.2) is 0 Å². The van der Waals surface area contributed by atoms with Gasteiger partial charge in [-0.25, -0.2) is 17.7 Å². The van der Waals surface area contributed by atoms with Crippen molar-refractivity contribution in [3.8, 4) is 0 Å². The minimum absolute atomic E-state index is 0.0747. The molecule has 1 atom stereocenters. The number of nitrogens with one attached hydrogen (secondary N) is 2. The molecule has 2 aromatic rings. The van der Waals surface area contributed by atoms with Crippen molar-refractivity contribution in [2.75, 3.05) is 14.1 Å². The third-order valence-corrected chi connectivity index (χ3v) is 6.80. The Morgan fingerprint density at radius 3 is 2.71 bits per heavy atom. The fourth-order valence-electron chi connectivity index (χ4n) is 2.41. The summed E-state index contributed by atoms with van der Waals surface area (Å²) in [5.41, 5.74) is 1.17. The minimum Gasteiger partial charge on any atom is -0.356 e. The summed E-state index contributed by atoms with van der Waals surface area (Å²) in [6, 6.07) is 1.25. The number of aromatic amines is 1. The lowest BCUT2D eigenvalue weighted by Gasteiger charge is -2.15. The molecule has 3 rings (SSSR count). The second-order valence-electron chi connectivity index (χ2n) is 6.15. The molecule has 7 nitrogen and oxygen atoms in total. The molecule has 2 N–H and O–H groups in total. The number of H-pyrrole nitrogens is 1. The van der Waals surface area contributed by atoms with Crippen molar-refractivity contribution in [1.29, 1.82) is 0 Å². The molecule has 0 bridgehead atoms. The molecule has 1 fully saturated rings. The number of aryl methyl sites for hydroxylation is 1. The standard InChI is InChI=1S/C15H20N4O3S2/c1-9-8-23-15(17-9)13(10-4-5-10)18-14(20)12-6-11(7-16-12)24(21,22)19(2)3/h6-8,10,13,16H,4-5H2,1-3H3,(H,18,20)/t13-/m0/s1. The van der Waals surface area contributed by atoms with Crippen LogP contribution in [0.5, 0.6) is 0 Å². The maximum Gasteiger partial charge on any atom is 0.268 e. The lowest BCUT2D eigenvalue weighted by atomic mass is 10.2. The first-order valence-electron chi connectivity index (χ1n) is 7.63. The average Bonchev–Trinajstić information content (AvgIpc) is 3.06.